The highest BCUT2D eigenvalue weighted by Crippen LogP contribution is 2.64. The van der Waals surface area contributed by atoms with Crippen molar-refractivity contribution < 1.29 is 17.0 Å². The second-order valence-electron chi connectivity index (χ2n) is 7.74. The summed E-state index contributed by atoms with van der Waals surface area (Å²) in [6.07, 6.45) is 1.01. The van der Waals surface area contributed by atoms with Crippen LogP contribution in [0.1, 0.15) is 24.1 Å². The van der Waals surface area contributed by atoms with Gasteiger partial charge in [0.1, 0.15) is 16.8 Å². The van der Waals surface area contributed by atoms with Gasteiger partial charge in [0.2, 0.25) is 0 Å². The third-order valence-corrected chi connectivity index (χ3v) is 10.6. The van der Waals surface area contributed by atoms with Gasteiger partial charge in [0.05, 0.1) is 6.04 Å². The zero-order valence-corrected chi connectivity index (χ0v) is 20.6. The van der Waals surface area contributed by atoms with Crippen molar-refractivity contribution >= 4 is 18.0 Å². The van der Waals surface area contributed by atoms with Crippen LogP contribution in [0.2, 0.25) is 0 Å². The molecule has 1 nitrogen and oxygen atoms in total. The van der Waals surface area contributed by atoms with Crippen molar-refractivity contribution in [2.75, 3.05) is 7.05 Å². The van der Waals surface area contributed by atoms with Crippen molar-refractivity contribution in [2.45, 2.75) is 19.1 Å². The molecule has 0 aliphatic rings. The smallest absolute Gasteiger partial charge is 0.153 e. The van der Waals surface area contributed by atoms with E-state index >= 15 is 0 Å². The molecule has 158 valence electrons. The summed E-state index contributed by atoms with van der Waals surface area (Å²) in [6.45, 7) is 2.33. The number of hydrogen-bond acceptors (Lipinski definition) is 1. The van der Waals surface area contributed by atoms with Crippen LogP contribution < -0.4 is 27.6 Å². The average molecular weight is 490 g/mol. The Kier molecular flexibility index (Phi) is 8.21. The number of hydrogen-bond donors (Lipinski definition) is 0. The lowest BCUT2D eigenvalue weighted by Crippen LogP contribution is -3.00. The molecule has 0 aliphatic carbocycles. The normalized spacial score (nSPS) is 12.2. The molecule has 0 radical (unpaired) electrons. The molecule has 0 amide bonds. The molecule has 0 spiro atoms. The molecule has 0 N–H and O–H groups in total. The highest BCUT2D eigenvalue weighted by molar-refractivity contribution is 7.86. The maximum absolute atomic E-state index is 2.65. The summed E-state index contributed by atoms with van der Waals surface area (Å²) in [5, 5.41) is 2.84. The van der Waals surface area contributed by atoms with Crippen LogP contribution in [0.25, 0.3) is 0 Å². The van der Waals surface area contributed by atoms with Crippen LogP contribution in [0.15, 0.2) is 121 Å². The summed E-state index contributed by atoms with van der Waals surface area (Å²) < 4.78 is 2.65. The van der Waals surface area contributed by atoms with Gasteiger partial charge in [0, 0.05) is 7.05 Å². The van der Waals surface area contributed by atoms with Crippen LogP contribution >= 0.6 is 7.41 Å². The van der Waals surface area contributed by atoms with Crippen LogP contribution in [0.4, 0.5) is 0 Å². The Balaban J connectivity index is 0.00000272. The predicted octanol–water partition coefficient (Wildman–Crippen LogP) is 3.47. The van der Waals surface area contributed by atoms with E-state index in [0.717, 1.165) is 6.16 Å². The van der Waals surface area contributed by atoms with Crippen molar-refractivity contribution in [3.8, 4) is 0 Å². The van der Waals surface area contributed by atoms with Gasteiger partial charge >= 0.3 is 0 Å². The first-order chi connectivity index (χ1) is 14.7. The molecule has 0 aliphatic heterocycles. The number of halogens is 1. The second kappa shape index (κ2) is 10.9. The van der Waals surface area contributed by atoms with Crippen LogP contribution in [-0.2, 0) is 6.16 Å². The van der Waals surface area contributed by atoms with Gasteiger partial charge in [-0.3, -0.25) is 0 Å². The van der Waals surface area contributed by atoms with E-state index in [1.807, 2.05) is 0 Å². The lowest BCUT2D eigenvalue weighted by molar-refractivity contribution is -0.00000607. The van der Waals surface area contributed by atoms with Gasteiger partial charge in [0.15, 0.2) is 7.41 Å². The molecule has 0 fully saturated rings. The topological polar surface area (TPSA) is 3.24 Å². The SMILES string of the molecule is CC(c1ccccc1)N(C)[P+](Cc1ccccc1)(c1ccccc1)c1ccccc1.[Br-]. The van der Waals surface area contributed by atoms with Crippen molar-refractivity contribution in [1.29, 1.82) is 0 Å². The molecule has 4 rings (SSSR count). The maximum Gasteiger partial charge on any atom is 0.153 e. The summed E-state index contributed by atoms with van der Waals surface area (Å²) >= 11 is 0. The van der Waals surface area contributed by atoms with Crippen LogP contribution in [0, 0.1) is 0 Å². The van der Waals surface area contributed by atoms with Crippen LogP contribution in [0.5, 0.6) is 0 Å². The molecule has 0 saturated heterocycles. The first-order valence-electron chi connectivity index (χ1n) is 10.5. The van der Waals surface area contributed by atoms with E-state index in [1.165, 1.54) is 21.7 Å². The molecule has 0 bridgehead atoms. The van der Waals surface area contributed by atoms with Gasteiger partial charge in [-0.1, -0.05) is 97.1 Å². The largest absolute Gasteiger partial charge is 1.00 e. The molecule has 0 saturated carbocycles. The zero-order valence-electron chi connectivity index (χ0n) is 18.1. The molecule has 31 heavy (non-hydrogen) atoms. The quantitative estimate of drug-likeness (QED) is 0.359. The zero-order chi connectivity index (χ0) is 20.8. The second-order valence-corrected chi connectivity index (χ2v) is 11.3. The third kappa shape index (κ3) is 4.99. The number of benzene rings is 4. The molecule has 3 heteroatoms. The Hall–Kier alpha value is -2.25. The Bertz CT molecular complexity index is 1000. The standard InChI is InChI=1S/C28H29NP.BrH/c1-24(26-17-9-4-10-18-26)29(2)30(27-19-11-5-12-20-27,28-21-13-6-14-22-28)23-25-15-7-3-8-16-25;/h3-22,24H,23H2,1-2H3;1H/q+1;/p-1. The minimum Gasteiger partial charge on any atom is -1.00 e. The van der Waals surface area contributed by atoms with Gasteiger partial charge < -0.3 is 17.0 Å². The summed E-state index contributed by atoms with van der Waals surface area (Å²) in [7, 11) is 0.412. The fourth-order valence-electron chi connectivity index (χ4n) is 4.25. The van der Waals surface area contributed by atoms with Gasteiger partial charge in [-0.2, -0.15) is 4.67 Å². The molecular weight excluding hydrogens is 461 g/mol. The lowest BCUT2D eigenvalue weighted by Gasteiger charge is -2.38. The van der Waals surface area contributed by atoms with Gasteiger partial charge in [-0.15, -0.1) is 0 Å². The summed E-state index contributed by atoms with van der Waals surface area (Å²) in [5.74, 6) is 0. The summed E-state index contributed by atoms with van der Waals surface area (Å²) in [4.78, 5) is 0. The molecule has 4 aromatic rings. The van der Waals surface area contributed by atoms with Gasteiger partial charge in [-0.05, 0) is 42.3 Å². The first-order valence-corrected chi connectivity index (χ1v) is 12.5. The first kappa shape index (κ1) is 23.4. The van der Waals surface area contributed by atoms with Crippen molar-refractivity contribution in [1.82, 2.24) is 4.67 Å². The highest BCUT2D eigenvalue weighted by Gasteiger charge is 2.49. The number of nitrogens with zero attached hydrogens (tertiary/aromatic N) is 1. The number of rotatable bonds is 7. The minimum absolute atomic E-state index is 0. The van der Waals surface area contributed by atoms with Crippen molar-refractivity contribution in [3.05, 3.63) is 132 Å². The Morgan fingerprint density at radius 3 is 1.45 bits per heavy atom. The Labute approximate surface area is 197 Å². The van der Waals surface area contributed by atoms with E-state index in [9.17, 15) is 0 Å². The maximum atomic E-state index is 2.65. The third-order valence-electron chi connectivity index (χ3n) is 6.00. The van der Waals surface area contributed by atoms with E-state index in [-0.39, 0.29) is 17.0 Å². The fourth-order valence-corrected chi connectivity index (χ4v) is 8.66. The average Bonchev–Trinajstić information content (AvgIpc) is 2.84. The molecule has 0 aromatic heterocycles. The predicted molar refractivity (Wildman–Crippen MR) is 132 cm³/mol. The lowest BCUT2D eigenvalue weighted by atomic mass is 10.1. The van der Waals surface area contributed by atoms with Crippen LogP contribution in [-0.4, -0.2) is 11.7 Å². The Morgan fingerprint density at radius 2 is 1.00 bits per heavy atom. The van der Waals surface area contributed by atoms with Gasteiger partial charge in [-0.25, -0.2) is 0 Å². The van der Waals surface area contributed by atoms with E-state index in [1.54, 1.807) is 0 Å². The molecule has 4 aromatic carbocycles. The fraction of sp³-hybridized carbons (Fsp3) is 0.143. The monoisotopic (exact) mass is 489 g/mol. The summed E-state index contributed by atoms with van der Waals surface area (Å²) in [6, 6.07) is 44.3. The molecule has 0 heterocycles. The Morgan fingerprint density at radius 1 is 0.613 bits per heavy atom. The van der Waals surface area contributed by atoms with E-state index in [0.29, 0.717) is 6.04 Å². The molecule has 1 unspecified atom stereocenters. The summed E-state index contributed by atoms with van der Waals surface area (Å²) in [5.41, 5.74) is 2.73. The van der Waals surface area contributed by atoms with Crippen LogP contribution in [0.3, 0.4) is 0 Å². The molecular formula is C28H29BrNP. The van der Waals surface area contributed by atoms with E-state index < -0.39 is 7.41 Å². The van der Waals surface area contributed by atoms with Crippen molar-refractivity contribution in [2.24, 2.45) is 0 Å². The van der Waals surface area contributed by atoms with E-state index in [2.05, 4.69) is 140 Å². The van der Waals surface area contributed by atoms with E-state index in [4.69, 9.17) is 0 Å². The van der Waals surface area contributed by atoms with Gasteiger partial charge in [0.25, 0.3) is 0 Å². The highest BCUT2D eigenvalue weighted by atomic mass is 79.9. The van der Waals surface area contributed by atoms with Crippen molar-refractivity contribution in [3.63, 3.8) is 0 Å². The minimum atomic E-state index is -1.90. The molecule has 1 atom stereocenters.